The maximum absolute atomic E-state index is 9.22. The predicted octanol–water partition coefficient (Wildman–Crippen LogP) is 2.55. The number of nitrogens with zero attached hydrogens (tertiary/aromatic N) is 2. The number of hydrogen-bond donors (Lipinski definition) is 2. The summed E-state index contributed by atoms with van der Waals surface area (Å²) < 4.78 is 5.58. The molecule has 1 aromatic carbocycles. The van der Waals surface area contributed by atoms with E-state index in [1.807, 2.05) is 38.1 Å². The van der Waals surface area contributed by atoms with Crippen molar-refractivity contribution in [3.05, 3.63) is 48.3 Å². The van der Waals surface area contributed by atoms with Crippen LogP contribution in [-0.4, -0.2) is 27.2 Å². The van der Waals surface area contributed by atoms with Crippen molar-refractivity contribution in [2.24, 2.45) is 0 Å². The molecule has 0 aliphatic heterocycles. The third kappa shape index (κ3) is 5.67. The average molecular weight is 310 g/mol. The fourth-order valence-corrected chi connectivity index (χ4v) is 1.56. The van der Waals surface area contributed by atoms with Crippen molar-refractivity contribution in [2.75, 3.05) is 6.61 Å². The summed E-state index contributed by atoms with van der Waals surface area (Å²) in [4.78, 5) is 8.04. The Labute approximate surface area is 130 Å². The third-order valence-corrected chi connectivity index (χ3v) is 2.82. The molecule has 21 heavy (non-hydrogen) atoms. The highest BCUT2D eigenvalue weighted by molar-refractivity contribution is 5.85. The monoisotopic (exact) mass is 309 g/mol. The van der Waals surface area contributed by atoms with Crippen molar-refractivity contribution in [2.45, 2.75) is 25.9 Å². The minimum Gasteiger partial charge on any atom is -0.424 e. The van der Waals surface area contributed by atoms with Gasteiger partial charge in [0, 0.05) is 24.5 Å². The van der Waals surface area contributed by atoms with E-state index in [9.17, 15) is 5.11 Å². The second-order valence-electron chi connectivity index (χ2n) is 5.18. The van der Waals surface area contributed by atoms with Crippen LogP contribution in [0.2, 0.25) is 0 Å². The summed E-state index contributed by atoms with van der Waals surface area (Å²) in [6.07, 6.45) is 3.27. The minimum absolute atomic E-state index is 0. The zero-order chi connectivity index (χ0) is 14.4. The van der Waals surface area contributed by atoms with E-state index in [2.05, 4.69) is 15.3 Å². The van der Waals surface area contributed by atoms with Crippen molar-refractivity contribution in [1.29, 1.82) is 0 Å². The second-order valence-corrected chi connectivity index (χ2v) is 5.18. The Balaban J connectivity index is 0.00000220. The normalized spacial score (nSPS) is 10.8. The number of benzene rings is 1. The van der Waals surface area contributed by atoms with Gasteiger partial charge in [-0.1, -0.05) is 12.1 Å². The number of hydrogen-bond acceptors (Lipinski definition) is 5. The van der Waals surface area contributed by atoms with E-state index in [1.54, 1.807) is 18.5 Å². The number of aromatic nitrogens is 2. The fraction of sp³-hybridized carbons (Fsp3) is 0.333. The summed E-state index contributed by atoms with van der Waals surface area (Å²) in [5.74, 6) is 0.692. The van der Waals surface area contributed by atoms with Crippen LogP contribution in [0.25, 0.3) is 0 Å². The summed E-state index contributed by atoms with van der Waals surface area (Å²) in [5, 5.41) is 12.5. The van der Waals surface area contributed by atoms with Crippen LogP contribution >= 0.6 is 12.4 Å². The molecular weight excluding hydrogens is 290 g/mol. The molecule has 0 fully saturated rings. The van der Waals surface area contributed by atoms with Gasteiger partial charge in [0.2, 0.25) is 0 Å². The molecule has 5 nitrogen and oxygen atoms in total. The highest BCUT2D eigenvalue weighted by Gasteiger charge is 2.14. The highest BCUT2D eigenvalue weighted by Crippen LogP contribution is 2.18. The Morgan fingerprint density at radius 3 is 2.57 bits per heavy atom. The van der Waals surface area contributed by atoms with Gasteiger partial charge in [-0.15, -0.1) is 12.4 Å². The van der Waals surface area contributed by atoms with Gasteiger partial charge in [0.1, 0.15) is 5.75 Å². The second kappa shape index (κ2) is 7.93. The van der Waals surface area contributed by atoms with Gasteiger partial charge in [-0.3, -0.25) is 0 Å². The number of ether oxygens (including phenoxy) is 1. The quantitative estimate of drug-likeness (QED) is 0.858. The van der Waals surface area contributed by atoms with Crippen LogP contribution in [0.15, 0.2) is 42.7 Å². The van der Waals surface area contributed by atoms with Gasteiger partial charge in [-0.2, -0.15) is 0 Å². The number of aliphatic hydroxyl groups is 1. The highest BCUT2D eigenvalue weighted by atomic mass is 35.5. The molecule has 0 bridgehead atoms. The molecule has 1 heterocycles. The molecular formula is C15H20ClN3O2. The summed E-state index contributed by atoms with van der Waals surface area (Å²) in [7, 11) is 0. The molecule has 0 spiro atoms. The molecule has 0 saturated heterocycles. The molecule has 1 aromatic heterocycles. The Morgan fingerprint density at radius 1 is 1.19 bits per heavy atom. The van der Waals surface area contributed by atoms with Crippen LogP contribution in [-0.2, 0) is 6.54 Å². The maximum Gasteiger partial charge on any atom is 0.321 e. The molecule has 2 rings (SSSR count). The van der Waals surface area contributed by atoms with Crippen LogP contribution < -0.4 is 10.1 Å². The maximum atomic E-state index is 9.22. The van der Waals surface area contributed by atoms with Crippen molar-refractivity contribution >= 4 is 12.4 Å². The lowest BCUT2D eigenvalue weighted by Crippen LogP contribution is -2.42. The minimum atomic E-state index is -0.306. The molecule has 2 N–H and O–H groups in total. The number of nitrogens with one attached hydrogen (secondary N) is 1. The molecule has 114 valence electrons. The van der Waals surface area contributed by atoms with Crippen molar-refractivity contribution in [3.63, 3.8) is 0 Å². The lowest BCUT2D eigenvalue weighted by molar-refractivity contribution is 0.187. The van der Waals surface area contributed by atoms with E-state index < -0.39 is 0 Å². The van der Waals surface area contributed by atoms with Gasteiger partial charge in [-0.25, -0.2) is 9.97 Å². The lowest BCUT2D eigenvalue weighted by atomic mass is 10.1. The smallest absolute Gasteiger partial charge is 0.321 e. The van der Waals surface area contributed by atoms with E-state index in [0.29, 0.717) is 18.3 Å². The van der Waals surface area contributed by atoms with E-state index >= 15 is 0 Å². The van der Waals surface area contributed by atoms with Crippen molar-refractivity contribution < 1.29 is 9.84 Å². The number of halogens is 1. The first-order chi connectivity index (χ1) is 9.59. The van der Waals surface area contributed by atoms with Crippen LogP contribution in [0.1, 0.15) is 19.4 Å². The summed E-state index contributed by atoms with van der Waals surface area (Å²) in [6.45, 7) is 4.64. The van der Waals surface area contributed by atoms with Gasteiger partial charge < -0.3 is 15.2 Å². The molecule has 0 atom stereocenters. The molecule has 0 radical (unpaired) electrons. The fourth-order valence-electron chi connectivity index (χ4n) is 1.56. The van der Waals surface area contributed by atoms with Crippen LogP contribution in [0, 0.1) is 0 Å². The molecule has 2 aromatic rings. The molecule has 0 aliphatic carbocycles. The average Bonchev–Trinajstić information content (AvgIpc) is 2.47. The summed E-state index contributed by atoms with van der Waals surface area (Å²) >= 11 is 0. The van der Waals surface area contributed by atoms with Crippen LogP contribution in [0.3, 0.4) is 0 Å². The topological polar surface area (TPSA) is 67.3 Å². The number of aliphatic hydroxyl groups excluding tert-OH is 1. The van der Waals surface area contributed by atoms with E-state index in [4.69, 9.17) is 4.74 Å². The Hall–Kier alpha value is -1.69. The Kier molecular flexibility index (Phi) is 6.55. The molecule has 0 saturated carbocycles. The number of rotatable bonds is 6. The zero-order valence-electron chi connectivity index (χ0n) is 12.1. The third-order valence-electron chi connectivity index (χ3n) is 2.82. The molecule has 0 unspecified atom stereocenters. The summed E-state index contributed by atoms with van der Waals surface area (Å²) in [5.41, 5.74) is 0.763. The largest absolute Gasteiger partial charge is 0.424 e. The van der Waals surface area contributed by atoms with Crippen LogP contribution in [0.5, 0.6) is 11.8 Å². The first-order valence-electron chi connectivity index (χ1n) is 6.49. The molecule has 6 heteroatoms. The Morgan fingerprint density at radius 2 is 1.90 bits per heavy atom. The van der Waals surface area contributed by atoms with Crippen LogP contribution in [0.4, 0.5) is 0 Å². The van der Waals surface area contributed by atoms with Crippen molar-refractivity contribution in [3.8, 4) is 11.8 Å². The van der Waals surface area contributed by atoms with Gasteiger partial charge in [0.15, 0.2) is 0 Å². The standard InChI is InChI=1S/C15H19N3O2.ClH/c1-15(2,11-19)18-10-12-5-3-6-13(9-12)20-14-16-7-4-8-17-14;/h3-9,18-19H,10-11H2,1-2H3;1H. The predicted molar refractivity (Wildman–Crippen MR) is 83.8 cm³/mol. The van der Waals surface area contributed by atoms with E-state index in [-0.39, 0.29) is 24.6 Å². The first kappa shape index (κ1) is 17.4. The lowest BCUT2D eigenvalue weighted by Gasteiger charge is -2.23. The van der Waals surface area contributed by atoms with E-state index in [1.165, 1.54) is 0 Å². The SMILES string of the molecule is CC(C)(CO)NCc1cccc(Oc2ncccn2)c1.Cl. The molecule has 0 aliphatic rings. The van der Waals surface area contributed by atoms with Crippen molar-refractivity contribution in [1.82, 2.24) is 15.3 Å². The Bertz CT molecular complexity index is 550. The summed E-state index contributed by atoms with van der Waals surface area (Å²) in [6, 6.07) is 9.77. The van der Waals surface area contributed by atoms with Gasteiger partial charge in [-0.05, 0) is 37.6 Å². The van der Waals surface area contributed by atoms with E-state index in [0.717, 1.165) is 5.56 Å². The zero-order valence-corrected chi connectivity index (χ0v) is 12.9. The molecule has 0 amide bonds. The van der Waals surface area contributed by atoms with Gasteiger partial charge in [0.05, 0.1) is 6.61 Å². The van der Waals surface area contributed by atoms with Gasteiger partial charge in [0.25, 0.3) is 0 Å². The first-order valence-corrected chi connectivity index (χ1v) is 6.49. The van der Waals surface area contributed by atoms with Gasteiger partial charge >= 0.3 is 6.01 Å².